The molecule has 0 unspecified atom stereocenters. The van der Waals surface area contributed by atoms with E-state index in [4.69, 9.17) is 11.6 Å². The summed E-state index contributed by atoms with van der Waals surface area (Å²) < 4.78 is 38.4. The number of para-hydroxylation sites is 1. The van der Waals surface area contributed by atoms with E-state index in [0.717, 1.165) is 28.7 Å². The summed E-state index contributed by atoms with van der Waals surface area (Å²) in [5.74, 6) is -0.738. The predicted molar refractivity (Wildman–Crippen MR) is 117 cm³/mol. The Balaban J connectivity index is 1.27. The number of halogens is 4. The molecule has 0 aliphatic carbocycles. The molecule has 3 aromatic rings. The van der Waals surface area contributed by atoms with Crippen LogP contribution in [0.3, 0.4) is 0 Å². The fourth-order valence-corrected chi connectivity index (χ4v) is 4.19. The second-order valence-electron chi connectivity index (χ2n) is 7.86. The van der Waals surface area contributed by atoms with Gasteiger partial charge in [0.15, 0.2) is 0 Å². The number of carbonyl (C=O) groups is 2. The third kappa shape index (κ3) is 5.22. The molecule has 4 rings (SSSR count). The van der Waals surface area contributed by atoms with Crippen molar-refractivity contribution >= 4 is 40.1 Å². The quantitative estimate of drug-likeness (QED) is 0.496. The van der Waals surface area contributed by atoms with Crippen molar-refractivity contribution in [3.05, 3.63) is 58.9 Å². The summed E-state index contributed by atoms with van der Waals surface area (Å²) in [7, 11) is 0. The minimum Gasteiger partial charge on any atom is -0.361 e. The summed E-state index contributed by atoms with van der Waals surface area (Å²) >= 11 is 6.01. The SMILES string of the molecule is O=C(Cc1c[nH]c2ccccc12)NNC(=O)C1CCN(c2ncc(C(F)(F)F)cc2Cl)CC1. The topological polar surface area (TPSA) is 90.1 Å². The van der Waals surface area contributed by atoms with E-state index in [2.05, 4.69) is 20.8 Å². The zero-order valence-electron chi connectivity index (χ0n) is 17.4. The minimum absolute atomic E-state index is 0.0859. The highest BCUT2D eigenvalue weighted by atomic mass is 35.5. The van der Waals surface area contributed by atoms with Gasteiger partial charge < -0.3 is 9.88 Å². The molecule has 11 heteroatoms. The maximum Gasteiger partial charge on any atom is 0.417 e. The van der Waals surface area contributed by atoms with Gasteiger partial charge in [-0.2, -0.15) is 13.2 Å². The number of benzene rings is 1. The Kier molecular flexibility index (Phi) is 6.46. The molecule has 1 aliphatic heterocycles. The third-order valence-corrected chi connectivity index (χ3v) is 5.94. The number of hydrogen-bond acceptors (Lipinski definition) is 4. The monoisotopic (exact) mass is 479 g/mol. The number of nitrogens with zero attached hydrogens (tertiary/aromatic N) is 2. The Hall–Kier alpha value is -3.27. The second-order valence-corrected chi connectivity index (χ2v) is 8.27. The highest BCUT2D eigenvalue weighted by molar-refractivity contribution is 6.33. The van der Waals surface area contributed by atoms with E-state index >= 15 is 0 Å². The van der Waals surface area contributed by atoms with Gasteiger partial charge in [-0.05, 0) is 30.5 Å². The van der Waals surface area contributed by atoms with Crippen LogP contribution in [0.5, 0.6) is 0 Å². The summed E-state index contributed by atoms with van der Waals surface area (Å²) in [6.07, 6.45) is -0.989. The van der Waals surface area contributed by atoms with Gasteiger partial charge >= 0.3 is 6.18 Å². The average molecular weight is 480 g/mol. The van der Waals surface area contributed by atoms with Gasteiger partial charge in [-0.3, -0.25) is 20.4 Å². The van der Waals surface area contributed by atoms with Gasteiger partial charge in [-0.25, -0.2) is 4.98 Å². The number of hydrazine groups is 1. The summed E-state index contributed by atoms with van der Waals surface area (Å²) in [5.41, 5.74) is 5.76. The van der Waals surface area contributed by atoms with Gasteiger partial charge in [0.1, 0.15) is 5.82 Å². The van der Waals surface area contributed by atoms with Gasteiger partial charge in [0, 0.05) is 42.3 Å². The van der Waals surface area contributed by atoms with Crippen LogP contribution >= 0.6 is 11.6 Å². The number of anilines is 1. The van der Waals surface area contributed by atoms with Crippen molar-refractivity contribution < 1.29 is 22.8 Å². The average Bonchev–Trinajstić information content (AvgIpc) is 3.20. The van der Waals surface area contributed by atoms with Crippen molar-refractivity contribution in [2.75, 3.05) is 18.0 Å². The van der Waals surface area contributed by atoms with Crippen LogP contribution in [0.4, 0.5) is 19.0 Å². The van der Waals surface area contributed by atoms with Crippen LogP contribution in [0.2, 0.25) is 5.02 Å². The van der Waals surface area contributed by atoms with E-state index < -0.39 is 11.7 Å². The number of aromatic nitrogens is 2. The van der Waals surface area contributed by atoms with Crippen molar-refractivity contribution in [2.24, 2.45) is 5.92 Å². The van der Waals surface area contributed by atoms with Crippen LogP contribution in [0.15, 0.2) is 42.7 Å². The van der Waals surface area contributed by atoms with E-state index in [9.17, 15) is 22.8 Å². The number of H-pyrrole nitrogens is 1. The summed E-state index contributed by atoms with van der Waals surface area (Å²) in [4.78, 5) is 33.4. The highest BCUT2D eigenvalue weighted by Gasteiger charge is 2.33. The van der Waals surface area contributed by atoms with E-state index in [0.29, 0.717) is 25.9 Å². The number of carbonyl (C=O) groups excluding carboxylic acids is 2. The summed E-state index contributed by atoms with van der Waals surface area (Å²) in [6.45, 7) is 0.804. The van der Waals surface area contributed by atoms with Crippen LogP contribution in [-0.2, 0) is 22.2 Å². The lowest BCUT2D eigenvalue weighted by atomic mass is 9.96. The molecule has 3 N–H and O–H groups in total. The number of pyridine rings is 1. The lowest BCUT2D eigenvalue weighted by molar-refractivity contribution is -0.137. The van der Waals surface area contributed by atoms with Gasteiger partial charge in [-0.15, -0.1) is 0 Å². The first-order valence-corrected chi connectivity index (χ1v) is 10.7. The Morgan fingerprint density at radius 3 is 2.61 bits per heavy atom. The maximum atomic E-state index is 12.8. The third-order valence-electron chi connectivity index (χ3n) is 5.67. The molecule has 0 spiro atoms. The molecule has 7 nitrogen and oxygen atoms in total. The Bertz CT molecular complexity index is 1170. The molecule has 33 heavy (non-hydrogen) atoms. The molecule has 3 heterocycles. The van der Waals surface area contributed by atoms with Crippen molar-refractivity contribution in [2.45, 2.75) is 25.4 Å². The van der Waals surface area contributed by atoms with Crippen LogP contribution < -0.4 is 15.8 Å². The van der Waals surface area contributed by atoms with E-state index in [1.165, 1.54) is 0 Å². The summed E-state index contributed by atoms with van der Waals surface area (Å²) in [5, 5.41) is 0.860. The number of alkyl halides is 3. The van der Waals surface area contributed by atoms with Gasteiger partial charge in [-0.1, -0.05) is 29.8 Å². The van der Waals surface area contributed by atoms with Crippen molar-refractivity contribution in [3.8, 4) is 0 Å². The standard InChI is InChI=1S/C22H21ClF3N5O2/c23-17-10-15(22(24,25)26)12-28-20(17)31-7-5-13(6-8-31)21(33)30-29-19(32)9-14-11-27-18-4-2-1-3-16(14)18/h1-4,10-13,27H,5-9H2,(H,29,32)(H,30,33). The van der Waals surface area contributed by atoms with Crippen LogP contribution in [0.25, 0.3) is 10.9 Å². The molecule has 2 aromatic heterocycles. The fraction of sp³-hybridized carbons (Fsp3) is 0.318. The molecule has 174 valence electrons. The lowest BCUT2D eigenvalue weighted by Crippen LogP contribution is -2.48. The Morgan fingerprint density at radius 2 is 1.91 bits per heavy atom. The number of aromatic amines is 1. The number of piperidine rings is 1. The number of rotatable bonds is 4. The Labute approximate surface area is 192 Å². The van der Waals surface area contributed by atoms with Crippen molar-refractivity contribution in [3.63, 3.8) is 0 Å². The van der Waals surface area contributed by atoms with E-state index in [1.807, 2.05) is 24.3 Å². The maximum absolute atomic E-state index is 12.8. The normalized spacial score (nSPS) is 15.0. The smallest absolute Gasteiger partial charge is 0.361 e. The predicted octanol–water partition coefficient (Wildman–Crippen LogP) is 3.84. The van der Waals surface area contributed by atoms with Crippen LogP contribution in [-0.4, -0.2) is 34.9 Å². The fourth-order valence-electron chi connectivity index (χ4n) is 3.90. The zero-order chi connectivity index (χ0) is 23.6. The molecule has 2 amide bonds. The number of amides is 2. The number of nitrogens with one attached hydrogen (secondary N) is 3. The van der Waals surface area contributed by atoms with Crippen LogP contribution in [0.1, 0.15) is 24.0 Å². The second kappa shape index (κ2) is 9.30. The molecule has 0 radical (unpaired) electrons. The van der Waals surface area contributed by atoms with Crippen molar-refractivity contribution in [1.29, 1.82) is 0 Å². The first-order valence-electron chi connectivity index (χ1n) is 10.3. The highest BCUT2D eigenvalue weighted by Crippen LogP contribution is 2.34. The van der Waals surface area contributed by atoms with E-state index in [1.54, 1.807) is 11.1 Å². The molecular formula is C22H21ClF3N5O2. The zero-order valence-corrected chi connectivity index (χ0v) is 18.1. The number of fused-ring (bicyclic) bond motifs is 1. The molecule has 0 bridgehead atoms. The summed E-state index contributed by atoms with van der Waals surface area (Å²) in [6, 6.07) is 8.47. The first-order chi connectivity index (χ1) is 15.7. The lowest BCUT2D eigenvalue weighted by Gasteiger charge is -2.32. The van der Waals surface area contributed by atoms with E-state index in [-0.39, 0.29) is 35.0 Å². The van der Waals surface area contributed by atoms with Gasteiger partial charge in [0.2, 0.25) is 11.8 Å². The molecule has 0 atom stereocenters. The molecule has 0 saturated carbocycles. The molecule has 1 aromatic carbocycles. The Morgan fingerprint density at radius 1 is 1.18 bits per heavy atom. The molecule has 1 aliphatic rings. The minimum atomic E-state index is -4.51. The molecular weight excluding hydrogens is 459 g/mol. The van der Waals surface area contributed by atoms with Gasteiger partial charge in [0.05, 0.1) is 17.0 Å². The number of hydrogen-bond donors (Lipinski definition) is 3. The molecule has 1 fully saturated rings. The van der Waals surface area contributed by atoms with Gasteiger partial charge in [0.25, 0.3) is 0 Å². The van der Waals surface area contributed by atoms with Crippen LogP contribution in [0, 0.1) is 5.92 Å². The van der Waals surface area contributed by atoms with Crippen molar-refractivity contribution in [1.82, 2.24) is 20.8 Å². The largest absolute Gasteiger partial charge is 0.417 e. The molecule has 1 saturated heterocycles. The first kappa shape index (κ1) is 22.9.